The number of anilines is 1. The van der Waals surface area contributed by atoms with Gasteiger partial charge in [-0.2, -0.15) is 0 Å². The molecule has 0 atom stereocenters. The average Bonchev–Trinajstić information content (AvgIpc) is 2.61. The van der Waals surface area contributed by atoms with Crippen LogP contribution in [0, 0.1) is 5.92 Å². The van der Waals surface area contributed by atoms with Gasteiger partial charge in [0.15, 0.2) is 0 Å². The first-order chi connectivity index (χ1) is 12.0. The molecule has 0 radical (unpaired) electrons. The van der Waals surface area contributed by atoms with Gasteiger partial charge in [0.1, 0.15) is 5.75 Å². The van der Waals surface area contributed by atoms with E-state index in [2.05, 4.69) is 10.6 Å². The number of rotatable bonds is 8. The first-order valence-corrected chi connectivity index (χ1v) is 8.40. The van der Waals surface area contributed by atoms with Crippen LogP contribution in [0.3, 0.4) is 0 Å². The second-order valence-corrected chi connectivity index (χ2v) is 6.14. The average molecular weight is 340 g/mol. The van der Waals surface area contributed by atoms with Crippen molar-refractivity contribution in [1.29, 1.82) is 0 Å². The zero-order valence-electron chi connectivity index (χ0n) is 14.6. The molecule has 0 saturated heterocycles. The lowest BCUT2D eigenvalue weighted by Gasteiger charge is -2.09. The van der Waals surface area contributed by atoms with E-state index in [-0.39, 0.29) is 18.2 Å². The van der Waals surface area contributed by atoms with Crippen LogP contribution in [0.5, 0.6) is 5.75 Å². The fraction of sp³-hybridized carbons (Fsp3) is 0.300. The van der Waals surface area contributed by atoms with E-state index in [0.29, 0.717) is 30.3 Å². The molecule has 2 amide bonds. The van der Waals surface area contributed by atoms with Crippen LogP contribution in [0.4, 0.5) is 5.69 Å². The zero-order chi connectivity index (χ0) is 18.1. The molecule has 2 rings (SSSR count). The summed E-state index contributed by atoms with van der Waals surface area (Å²) >= 11 is 0. The fourth-order valence-corrected chi connectivity index (χ4v) is 2.11. The Morgan fingerprint density at radius 2 is 1.68 bits per heavy atom. The van der Waals surface area contributed by atoms with E-state index in [0.717, 1.165) is 5.75 Å². The van der Waals surface area contributed by atoms with E-state index in [1.54, 1.807) is 24.3 Å². The van der Waals surface area contributed by atoms with Crippen LogP contribution >= 0.6 is 0 Å². The molecule has 0 spiro atoms. The number of carbonyl (C=O) groups is 2. The molecule has 0 aliphatic carbocycles. The molecule has 5 heteroatoms. The first-order valence-electron chi connectivity index (χ1n) is 8.40. The summed E-state index contributed by atoms with van der Waals surface area (Å²) < 4.78 is 5.50. The molecule has 2 aromatic carbocycles. The lowest BCUT2D eigenvalue weighted by molar-refractivity contribution is -0.116. The van der Waals surface area contributed by atoms with Crippen molar-refractivity contribution in [3.63, 3.8) is 0 Å². The van der Waals surface area contributed by atoms with Crippen molar-refractivity contribution in [2.75, 3.05) is 18.5 Å². The van der Waals surface area contributed by atoms with E-state index in [1.807, 2.05) is 44.2 Å². The van der Waals surface area contributed by atoms with Gasteiger partial charge in [-0.25, -0.2) is 0 Å². The molecule has 0 bridgehead atoms. The van der Waals surface area contributed by atoms with Crippen LogP contribution < -0.4 is 15.4 Å². The predicted molar refractivity (Wildman–Crippen MR) is 98.8 cm³/mol. The number of nitrogens with one attached hydrogen (secondary N) is 2. The number of hydrogen-bond donors (Lipinski definition) is 2. The zero-order valence-corrected chi connectivity index (χ0v) is 14.6. The van der Waals surface area contributed by atoms with Crippen molar-refractivity contribution in [1.82, 2.24) is 5.32 Å². The Morgan fingerprint density at radius 3 is 2.32 bits per heavy atom. The Balaban J connectivity index is 1.76. The van der Waals surface area contributed by atoms with Gasteiger partial charge in [-0.15, -0.1) is 0 Å². The molecule has 0 fully saturated rings. The topological polar surface area (TPSA) is 67.4 Å². The highest BCUT2D eigenvalue weighted by Crippen LogP contribution is 2.11. The third-order valence-electron chi connectivity index (χ3n) is 3.44. The second-order valence-electron chi connectivity index (χ2n) is 6.14. The van der Waals surface area contributed by atoms with Crippen LogP contribution in [0.25, 0.3) is 0 Å². The fourth-order valence-electron chi connectivity index (χ4n) is 2.11. The van der Waals surface area contributed by atoms with E-state index < -0.39 is 0 Å². The number of amides is 2. The molecule has 0 saturated carbocycles. The number of para-hydroxylation sites is 1. The highest BCUT2D eigenvalue weighted by atomic mass is 16.5. The van der Waals surface area contributed by atoms with Gasteiger partial charge < -0.3 is 15.4 Å². The summed E-state index contributed by atoms with van der Waals surface area (Å²) in [5.74, 6) is 0.906. The van der Waals surface area contributed by atoms with E-state index >= 15 is 0 Å². The Kier molecular flexibility index (Phi) is 7.01. The maximum absolute atomic E-state index is 11.9. The highest BCUT2D eigenvalue weighted by molar-refractivity contribution is 5.95. The van der Waals surface area contributed by atoms with E-state index in [4.69, 9.17) is 4.74 Å². The van der Waals surface area contributed by atoms with Crippen LogP contribution in [-0.4, -0.2) is 25.0 Å². The Morgan fingerprint density at radius 1 is 1.00 bits per heavy atom. The number of hydrogen-bond acceptors (Lipinski definition) is 3. The SMILES string of the molecule is CC(C)CNC(=O)c1ccc(NC(=O)CCOc2ccccc2)cc1. The van der Waals surface area contributed by atoms with Gasteiger partial charge in [-0.3, -0.25) is 9.59 Å². The van der Waals surface area contributed by atoms with Crippen molar-refractivity contribution in [2.45, 2.75) is 20.3 Å². The molecule has 0 heterocycles. The van der Waals surface area contributed by atoms with Crippen LogP contribution in [0.2, 0.25) is 0 Å². The van der Waals surface area contributed by atoms with Crippen LogP contribution in [0.15, 0.2) is 54.6 Å². The van der Waals surface area contributed by atoms with Crippen molar-refractivity contribution >= 4 is 17.5 Å². The second kappa shape index (κ2) is 9.47. The van der Waals surface area contributed by atoms with Crippen LogP contribution in [0.1, 0.15) is 30.6 Å². The molecule has 0 aromatic heterocycles. The quantitative estimate of drug-likeness (QED) is 0.773. The Hall–Kier alpha value is -2.82. The molecule has 25 heavy (non-hydrogen) atoms. The monoisotopic (exact) mass is 340 g/mol. The standard InChI is InChI=1S/C20H24N2O3/c1-15(2)14-21-20(24)16-8-10-17(11-9-16)22-19(23)12-13-25-18-6-4-3-5-7-18/h3-11,15H,12-14H2,1-2H3,(H,21,24)(H,22,23). The summed E-state index contributed by atoms with van der Waals surface area (Å²) in [5, 5.41) is 5.65. The molecule has 0 aliphatic heterocycles. The molecular weight excluding hydrogens is 316 g/mol. The largest absolute Gasteiger partial charge is 0.493 e. The summed E-state index contributed by atoms with van der Waals surface area (Å²) in [6.07, 6.45) is 0.255. The van der Waals surface area contributed by atoms with E-state index in [9.17, 15) is 9.59 Å². The molecule has 2 N–H and O–H groups in total. The van der Waals surface area contributed by atoms with Crippen molar-refractivity contribution in [3.8, 4) is 5.75 Å². The number of ether oxygens (including phenoxy) is 1. The molecule has 2 aromatic rings. The minimum atomic E-state index is -0.132. The van der Waals surface area contributed by atoms with Gasteiger partial charge in [-0.05, 0) is 42.3 Å². The van der Waals surface area contributed by atoms with Gasteiger partial charge >= 0.3 is 0 Å². The van der Waals surface area contributed by atoms with Crippen molar-refractivity contribution in [2.24, 2.45) is 5.92 Å². The molecule has 132 valence electrons. The first kappa shape index (κ1) is 18.5. The van der Waals surface area contributed by atoms with Gasteiger partial charge in [0.05, 0.1) is 13.0 Å². The minimum absolute atomic E-state index is 0.108. The molecule has 5 nitrogen and oxygen atoms in total. The Bertz CT molecular complexity index is 682. The lowest BCUT2D eigenvalue weighted by atomic mass is 10.1. The molecular formula is C20H24N2O3. The summed E-state index contributed by atoms with van der Waals surface area (Å²) in [5.41, 5.74) is 1.23. The minimum Gasteiger partial charge on any atom is -0.493 e. The van der Waals surface area contributed by atoms with Gasteiger partial charge in [0.2, 0.25) is 5.91 Å². The van der Waals surface area contributed by atoms with Crippen molar-refractivity contribution < 1.29 is 14.3 Å². The molecule has 0 unspecified atom stereocenters. The summed E-state index contributed by atoms with van der Waals surface area (Å²) in [7, 11) is 0. The summed E-state index contributed by atoms with van der Waals surface area (Å²) in [6.45, 7) is 5.03. The van der Waals surface area contributed by atoms with Crippen molar-refractivity contribution in [3.05, 3.63) is 60.2 Å². The number of benzene rings is 2. The predicted octanol–water partition coefficient (Wildman–Crippen LogP) is 3.48. The Labute approximate surface area is 148 Å². The third kappa shape index (κ3) is 6.67. The van der Waals surface area contributed by atoms with Gasteiger partial charge in [0.25, 0.3) is 5.91 Å². The van der Waals surface area contributed by atoms with Crippen LogP contribution in [-0.2, 0) is 4.79 Å². The highest BCUT2D eigenvalue weighted by Gasteiger charge is 2.07. The van der Waals surface area contributed by atoms with E-state index in [1.165, 1.54) is 0 Å². The summed E-state index contributed by atoms with van der Waals surface area (Å²) in [6, 6.07) is 16.2. The smallest absolute Gasteiger partial charge is 0.251 e. The normalized spacial score (nSPS) is 10.4. The summed E-state index contributed by atoms with van der Waals surface area (Å²) in [4.78, 5) is 23.9. The molecule has 0 aliphatic rings. The third-order valence-corrected chi connectivity index (χ3v) is 3.44. The van der Waals surface area contributed by atoms with Gasteiger partial charge in [-0.1, -0.05) is 32.0 Å². The number of carbonyl (C=O) groups excluding carboxylic acids is 2. The van der Waals surface area contributed by atoms with Gasteiger partial charge in [0, 0.05) is 17.8 Å². The maximum Gasteiger partial charge on any atom is 0.251 e. The lowest BCUT2D eigenvalue weighted by Crippen LogP contribution is -2.27. The maximum atomic E-state index is 11.9.